The van der Waals surface area contributed by atoms with Crippen molar-refractivity contribution in [3.8, 4) is 0 Å². The summed E-state index contributed by atoms with van der Waals surface area (Å²) in [6.45, 7) is 1.57. The molecule has 0 aromatic heterocycles. The Morgan fingerprint density at radius 3 is 2.07 bits per heavy atom. The van der Waals surface area contributed by atoms with Crippen molar-refractivity contribution in [1.29, 1.82) is 0 Å². The molecule has 2 aliphatic heterocycles. The van der Waals surface area contributed by atoms with Crippen molar-refractivity contribution in [2.45, 2.75) is 102 Å². The van der Waals surface area contributed by atoms with Gasteiger partial charge in [-0.1, -0.05) is 25.7 Å². The molecule has 2 heterocycles. The molecule has 0 aromatic carbocycles. The number of fused-ring (bicyclic) bond motifs is 2. The topological polar surface area (TPSA) is 57.7 Å². The molecule has 0 spiro atoms. The lowest BCUT2D eigenvalue weighted by Crippen LogP contribution is -2.50. The van der Waals surface area contributed by atoms with Gasteiger partial charge < -0.3 is 4.90 Å². The van der Waals surface area contributed by atoms with Crippen molar-refractivity contribution in [2.75, 3.05) is 18.8 Å². The summed E-state index contributed by atoms with van der Waals surface area (Å²) in [5, 5.41) is 0. The first-order valence-corrected chi connectivity index (χ1v) is 13.5. The van der Waals surface area contributed by atoms with Crippen molar-refractivity contribution in [1.82, 2.24) is 9.21 Å². The van der Waals surface area contributed by atoms with Gasteiger partial charge in [0.05, 0.1) is 5.75 Å². The minimum Gasteiger partial charge on any atom is -0.339 e. The van der Waals surface area contributed by atoms with Gasteiger partial charge in [0, 0.05) is 31.6 Å². The van der Waals surface area contributed by atoms with Gasteiger partial charge in [0.2, 0.25) is 15.9 Å². The van der Waals surface area contributed by atoms with E-state index in [0.717, 1.165) is 38.6 Å². The molecule has 2 saturated carbocycles. The van der Waals surface area contributed by atoms with E-state index in [1.54, 1.807) is 0 Å². The van der Waals surface area contributed by atoms with E-state index in [4.69, 9.17) is 0 Å². The zero-order valence-electron chi connectivity index (χ0n) is 17.4. The van der Waals surface area contributed by atoms with Gasteiger partial charge in [-0.25, -0.2) is 8.42 Å². The number of piperidine rings is 2. The summed E-state index contributed by atoms with van der Waals surface area (Å²) >= 11 is 0. The Hall–Kier alpha value is -0.620. The average molecular weight is 411 g/mol. The Labute approximate surface area is 171 Å². The lowest BCUT2D eigenvalue weighted by atomic mass is 9.78. The van der Waals surface area contributed by atoms with Gasteiger partial charge in [-0.2, -0.15) is 4.31 Å². The summed E-state index contributed by atoms with van der Waals surface area (Å²) in [6, 6.07) is 0.657. The van der Waals surface area contributed by atoms with Crippen LogP contribution in [0.15, 0.2) is 0 Å². The third-order valence-corrected chi connectivity index (χ3v) is 9.88. The highest BCUT2D eigenvalue weighted by Crippen LogP contribution is 2.37. The van der Waals surface area contributed by atoms with Crippen LogP contribution >= 0.6 is 0 Å². The van der Waals surface area contributed by atoms with E-state index >= 15 is 0 Å². The van der Waals surface area contributed by atoms with Crippen molar-refractivity contribution in [3.63, 3.8) is 0 Å². The van der Waals surface area contributed by atoms with E-state index in [2.05, 4.69) is 4.90 Å². The van der Waals surface area contributed by atoms with E-state index in [9.17, 15) is 13.2 Å². The highest BCUT2D eigenvalue weighted by molar-refractivity contribution is 7.89. The summed E-state index contributed by atoms with van der Waals surface area (Å²) in [4.78, 5) is 15.0. The number of carbonyl (C=O) groups is 1. The quantitative estimate of drug-likeness (QED) is 0.690. The second kappa shape index (κ2) is 9.03. The summed E-state index contributed by atoms with van der Waals surface area (Å²) in [7, 11) is -3.24. The van der Waals surface area contributed by atoms with Gasteiger partial charge >= 0.3 is 0 Å². The maximum atomic E-state index is 13.0. The highest BCUT2D eigenvalue weighted by Gasteiger charge is 2.39. The van der Waals surface area contributed by atoms with E-state index in [1.165, 1.54) is 44.9 Å². The van der Waals surface area contributed by atoms with E-state index in [0.29, 0.717) is 37.3 Å². The number of carbonyl (C=O) groups excluding carboxylic acids is 1. The first-order valence-electron chi connectivity index (χ1n) is 11.9. The number of hydrogen-bond acceptors (Lipinski definition) is 3. The summed E-state index contributed by atoms with van der Waals surface area (Å²) < 4.78 is 27.9. The molecule has 6 heteroatoms. The van der Waals surface area contributed by atoms with Gasteiger partial charge in [-0.3, -0.25) is 4.79 Å². The van der Waals surface area contributed by atoms with Gasteiger partial charge in [-0.15, -0.1) is 0 Å². The van der Waals surface area contributed by atoms with Gasteiger partial charge in [0.15, 0.2) is 0 Å². The molecule has 160 valence electrons. The van der Waals surface area contributed by atoms with Crippen molar-refractivity contribution >= 4 is 15.9 Å². The maximum Gasteiger partial charge on any atom is 0.222 e. The zero-order chi connectivity index (χ0) is 19.6. The molecule has 4 atom stereocenters. The van der Waals surface area contributed by atoms with Crippen LogP contribution in [0.25, 0.3) is 0 Å². The normalized spacial score (nSPS) is 34.5. The lowest BCUT2D eigenvalue weighted by Gasteiger charge is -2.44. The van der Waals surface area contributed by atoms with Crippen LogP contribution in [-0.4, -0.2) is 54.5 Å². The van der Waals surface area contributed by atoms with Gasteiger partial charge in [0.25, 0.3) is 0 Å². The third-order valence-electron chi connectivity index (χ3n) is 7.91. The van der Waals surface area contributed by atoms with E-state index < -0.39 is 10.0 Å². The molecule has 4 fully saturated rings. The minimum absolute atomic E-state index is 0.143. The van der Waals surface area contributed by atoms with Crippen LogP contribution in [-0.2, 0) is 14.8 Å². The number of hydrogen-bond donors (Lipinski definition) is 0. The predicted octanol–water partition coefficient (Wildman–Crippen LogP) is 3.93. The SMILES string of the molecule is O=C(CCCS(=O)(=O)N1CCCC2CCCCC21)N1CCCC2CCCCC21. The zero-order valence-corrected chi connectivity index (χ0v) is 18.2. The summed E-state index contributed by atoms with van der Waals surface area (Å²) in [5.74, 6) is 1.59. The molecular weight excluding hydrogens is 372 g/mol. The van der Waals surface area contributed by atoms with E-state index in [1.807, 2.05) is 4.31 Å². The molecule has 2 saturated heterocycles. The first kappa shape index (κ1) is 20.6. The second-order valence-electron chi connectivity index (χ2n) is 9.63. The smallest absolute Gasteiger partial charge is 0.222 e. The summed E-state index contributed by atoms with van der Waals surface area (Å²) in [6.07, 6.45) is 15.0. The number of rotatable bonds is 5. The molecule has 4 unspecified atom stereocenters. The van der Waals surface area contributed by atoms with Gasteiger partial charge in [-0.05, 0) is 69.6 Å². The second-order valence-corrected chi connectivity index (χ2v) is 11.7. The van der Waals surface area contributed by atoms with Crippen LogP contribution in [0.1, 0.15) is 89.9 Å². The van der Waals surface area contributed by atoms with Crippen LogP contribution in [0.5, 0.6) is 0 Å². The Balaban J connectivity index is 1.30. The first-order chi connectivity index (χ1) is 13.6. The molecule has 28 heavy (non-hydrogen) atoms. The third kappa shape index (κ3) is 4.43. The predicted molar refractivity (Wildman–Crippen MR) is 111 cm³/mol. The summed E-state index contributed by atoms with van der Waals surface area (Å²) in [5.41, 5.74) is 0. The molecule has 2 aliphatic carbocycles. The molecule has 4 aliphatic rings. The molecule has 0 aromatic rings. The molecule has 0 radical (unpaired) electrons. The Bertz CT molecular complexity index is 646. The number of nitrogens with zero attached hydrogens (tertiary/aromatic N) is 2. The fourth-order valence-corrected chi connectivity index (χ4v) is 8.37. The minimum atomic E-state index is -3.24. The number of amides is 1. The van der Waals surface area contributed by atoms with Crippen LogP contribution in [0.4, 0.5) is 0 Å². The number of likely N-dealkylation sites (tertiary alicyclic amines) is 1. The van der Waals surface area contributed by atoms with Crippen molar-refractivity contribution in [2.24, 2.45) is 11.8 Å². The fraction of sp³-hybridized carbons (Fsp3) is 0.955. The Kier molecular flexibility index (Phi) is 6.66. The lowest BCUT2D eigenvalue weighted by molar-refractivity contribution is -0.137. The Morgan fingerprint density at radius 2 is 1.32 bits per heavy atom. The van der Waals surface area contributed by atoms with Crippen LogP contribution in [0.3, 0.4) is 0 Å². The van der Waals surface area contributed by atoms with Crippen molar-refractivity contribution < 1.29 is 13.2 Å². The Morgan fingerprint density at radius 1 is 0.750 bits per heavy atom. The highest BCUT2D eigenvalue weighted by atomic mass is 32.2. The monoisotopic (exact) mass is 410 g/mol. The average Bonchev–Trinajstić information content (AvgIpc) is 2.72. The van der Waals surface area contributed by atoms with Crippen LogP contribution in [0.2, 0.25) is 0 Å². The number of sulfonamides is 1. The molecular formula is C22H38N2O3S. The molecule has 0 N–H and O–H groups in total. The van der Waals surface area contributed by atoms with E-state index in [-0.39, 0.29) is 17.7 Å². The molecule has 0 bridgehead atoms. The van der Waals surface area contributed by atoms with Crippen molar-refractivity contribution in [3.05, 3.63) is 0 Å². The van der Waals surface area contributed by atoms with Crippen LogP contribution < -0.4 is 0 Å². The largest absolute Gasteiger partial charge is 0.339 e. The molecule has 4 rings (SSSR count). The van der Waals surface area contributed by atoms with Crippen LogP contribution in [0, 0.1) is 11.8 Å². The fourth-order valence-electron chi connectivity index (χ4n) is 6.53. The molecule has 1 amide bonds. The van der Waals surface area contributed by atoms with Gasteiger partial charge in [0.1, 0.15) is 0 Å². The standard InChI is InChI=1S/C22H38N2O3S/c25-22(23-15-5-10-18-8-1-3-12-20(18)23)14-7-17-28(26,27)24-16-6-11-19-9-2-4-13-21(19)24/h18-21H,1-17H2. The maximum absolute atomic E-state index is 13.0. The molecule has 5 nitrogen and oxygen atoms in total.